The summed E-state index contributed by atoms with van der Waals surface area (Å²) in [5.74, 6) is -1.12. The van der Waals surface area contributed by atoms with Crippen LogP contribution in [0.1, 0.15) is 36.8 Å². The van der Waals surface area contributed by atoms with Gasteiger partial charge in [0.15, 0.2) is 6.61 Å². The molecule has 1 saturated heterocycles. The van der Waals surface area contributed by atoms with Gasteiger partial charge in [-0.05, 0) is 48.2 Å². The summed E-state index contributed by atoms with van der Waals surface area (Å²) < 4.78 is 32.1. The van der Waals surface area contributed by atoms with Gasteiger partial charge in [0, 0.05) is 30.7 Å². The zero-order chi connectivity index (χ0) is 23.7. The molecule has 0 spiro atoms. The minimum absolute atomic E-state index is 0.235. The molecule has 9 heteroatoms. The van der Waals surface area contributed by atoms with Crippen molar-refractivity contribution < 1.29 is 22.7 Å². The molecule has 2 aromatic rings. The molecule has 1 fully saturated rings. The lowest BCUT2D eigenvalue weighted by atomic mass is 10.2. The summed E-state index contributed by atoms with van der Waals surface area (Å²) in [6.07, 6.45) is 6.55. The molecule has 0 unspecified atom stereocenters. The van der Waals surface area contributed by atoms with E-state index in [2.05, 4.69) is 5.32 Å². The highest BCUT2D eigenvalue weighted by atomic mass is 35.5. The maximum Gasteiger partial charge on any atom is 0.331 e. The first-order chi connectivity index (χ1) is 15.9. The lowest BCUT2D eigenvalue weighted by Gasteiger charge is -2.19. The van der Waals surface area contributed by atoms with Gasteiger partial charge in [-0.15, -0.1) is 0 Å². The van der Waals surface area contributed by atoms with Crippen LogP contribution >= 0.6 is 11.6 Å². The van der Waals surface area contributed by atoms with Crippen LogP contribution < -0.4 is 5.32 Å². The van der Waals surface area contributed by atoms with Gasteiger partial charge in [-0.25, -0.2) is 13.2 Å². The summed E-state index contributed by atoms with van der Waals surface area (Å²) >= 11 is 6.03. The van der Waals surface area contributed by atoms with E-state index < -0.39 is 28.5 Å². The molecule has 1 N–H and O–H groups in total. The minimum Gasteiger partial charge on any atom is -0.452 e. The second kappa shape index (κ2) is 12.0. The van der Waals surface area contributed by atoms with Crippen LogP contribution in [-0.2, 0) is 30.9 Å². The summed E-state index contributed by atoms with van der Waals surface area (Å²) in [6.45, 7) is 0.906. The van der Waals surface area contributed by atoms with E-state index in [1.54, 1.807) is 34.6 Å². The number of carbonyl (C=O) groups excluding carboxylic acids is 2. The van der Waals surface area contributed by atoms with E-state index in [1.165, 1.54) is 24.3 Å². The van der Waals surface area contributed by atoms with Crippen molar-refractivity contribution in [3.8, 4) is 0 Å². The minimum atomic E-state index is -3.52. The van der Waals surface area contributed by atoms with Crippen LogP contribution in [0, 0.1) is 0 Å². The van der Waals surface area contributed by atoms with Crippen molar-refractivity contribution in [2.45, 2.75) is 37.1 Å². The van der Waals surface area contributed by atoms with E-state index in [4.69, 9.17) is 16.3 Å². The van der Waals surface area contributed by atoms with Gasteiger partial charge in [-0.3, -0.25) is 4.79 Å². The number of ether oxygens (including phenoxy) is 1. The molecule has 3 rings (SSSR count). The number of sulfonamides is 1. The third-order valence-electron chi connectivity index (χ3n) is 5.27. The fourth-order valence-corrected chi connectivity index (χ4v) is 5.14. The fourth-order valence-electron chi connectivity index (χ4n) is 3.42. The van der Waals surface area contributed by atoms with E-state index in [1.807, 2.05) is 6.07 Å². The van der Waals surface area contributed by atoms with Crippen LogP contribution in [-0.4, -0.2) is 44.3 Å². The van der Waals surface area contributed by atoms with E-state index in [0.717, 1.165) is 31.2 Å². The second-order valence-electron chi connectivity index (χ2n) is 7.70. The Hall–Kier alpha value is -2.68. The lowest BCUT2D eigenvalue weighted by Crippen LogP contribution is -2.31. The standard InChI is InChI=1S/C24H27ClN2O5S/c25-22-8-4-3-7-20(22)17-26-23(28)18-32-24(29)14-11-19-9-12-21(13-10-19)33(30,31)27-15-5-1-2-6-16-27/h3-4,7-14H,1-2,5-6,15-18H2,(H,26,28). The molecule has 1 amide bonds. The summed E-state index contributed by atoms with van der Waals surface area (Å²) in [5.41, 5.74) is 1.41. The SMILES string of the molecule is O=C(COC(=O)C=Cc1ccc(S(=O)(=O)N2CCCCCC2)cc1)NCc1ccccc1Cl. The zero-order valence-corrected chi connectivity index (χ0v) is 19.8. The molecule has 33 heavy (non-hydrogen) atoms. The lowest BCUT2D eigenvalue weighted by molar-refractivity contribution is -0.143. The Balaban J connectivity index is 1.47. The summed E-state index contributed by atoms with van der Waals surface area (Å²) in [7, 11) is -3.52. The van der Waals surface area contributed by atoms with Gasteiger partial charge < -0.3 is 10.1 Å². The third kappa shape index (κ3) is 7.42. The van der Waals surface area contributed by atoms with Crippen molar-refractivity contribution in [1.82, 2.24) is 9.62 Å². The van der Waals surface area contributed by atoms with Crippen LogP contribution in [0.3, 0.4) is 0 Å². The third-order valence-corrected chi connectivity index (χ3v) is 7.56. The largest absolute Gasteiger partial charge is 0.452 e. The van der Waals surface area contributed by atoms with Crippen LogP contribution in [0.5, 0.6) is 0 Å². The van der Waals surface area contributed by atoms with Crippen molar-refractivity contribution in [3.63, 3.8) is 0 Å². The highest BCUT2D eigenvalue weighted by Crippen LogP contribution is 2.21. The Morgan fingerprint density at radius 1 is 1.00 bits per heavy atom. The average Bonchev–Trinajstić information content (AvgIpc) is 3.11. The van der Waals surface area contributed by atoms with Crippen molar-refractivity contribution in [2.24, 2.45) is 0 Å². The van der Waals surface area contributed by atoms with Crippen LogP contribution in [0.25, 0.3) is 6.08 Å². The molecule has 2 aromatic carbocycles. The number of nitrogens with one attached hydrogen (secondary N) is 1. The monoisotopic (exact) mass is 490 g/mol. The maximum atomic E-state index is 12.8. The van der Waals surface area contributed by atoms with Gasteiger partial charge in [-0.2, -0.15) is 4.31 Å². The molecule has 0 saturated carbocycles. The fraction of sp³-hybridized carbons (Fsp3) is 0.333. The first-order valence-electron chi connectivity index (χ1n) is 10.8. The second-order valence-corrected chi connectivity index (χ2v) is 10.0. The molecule has 0 atom stereocenters. The Bertz CT molecular complexity index is 1090. The number of hydrogen-bond donors (Lipinski definition) is 1. The first kappa shape index (κ1) is 25.0. The molecule has 0 bridgehead atoms. The maximum absolute atomic E-state index is 12.8. The van der Waals surface area contributed by atoms with Crippen molar-refractivity contribution in [3.05, 3.63) is 70.8 Å². The molecule has 1 heterocycles. The Morgan fingerprint density at radius 3 is 2.33 bits per heavy atom. The van der Waals surface area contributed by atoms with Gasteiger partial charge in [0.25, 0.3) is 5.91 Å². The zero-order valence-electron chi connectivity index (χ0n) is 18.2. The number of nitrogens with zero attached hydrogens (tertiary/aromatic N) is 1. The highest BCUT2D eigenvalue weighted by Gasteiger charge is 2.24. The predicted octanol–water partition coefficient (Wildman–Crippen LogP) is 3.78. The molecule has 1 aliphatic rings. The van der Waals surface area contributed by atoms with Gasteiger partial charge in [0.1, 0.15) is 0 Å². The van der Waals surface area contributed by atoms with Crippen LogP contribution in [0.2, 0.25) is 5.02 Å². The number of benzene rings is 2. The number of hydrogen-bond acceptors (Lipinski definition) is 5. The quantitative estimate of drug-likeness (QED) is 0.449. The average molecular weight is 491 g/mol. The van der Waals surface area contributed by atoms with E-state index in [0.29, 0.717) is 23.7 Å². The first-order valence-corrected chi connectivity index (χ1v) is 12.6. The topological polar surface area (TPSA) is 92.8 Å². The van der Waals surface area contributed by atoms with Crippen molar-refractivity contribution in [1.29, 1.82) is 0 Å². The molecule has 0 aromatic heterocycles. The van der Waals surface area contributed by atoms with E-state index >= 15 is 0 Å². The molecule has 7 nitrogen and oxygen atoms in total. The molecule has 0 aliphatic carbocycles. The van der Waals surface area contributed by atoms with Crippen molar-refractivity contribution in [2.75, 3.05) is 19.7 Å². The molecular weight excluding hydrogens is 464 g/mol. The molecule has 1 aliphatic heterocycles. The highest BCUT2D eigenvalue weighted by molar-refractivity contribution is 7.89. The number of carbonyl (C=O) groups is 2. The summed E-state index contributed by atoms with van der Waals surface area (Å²) in [6, 6.07) is 13.5. The molecule has 0 radical (unpaired) electrons. The molecule has 176 valence electrons. The van der Waals surface area contributed by atoms with Gasteiger partial charge in [0.05, 0.1) is 4.90 Å². The smallest absolute Gasteiger partial charge is 0.331 e. The summed E-state index contributed by atoms with van der Waals surface area (Å²) in [4.78, 5) is 24.0. The summed E-state index contributed by atoms with van der Waals surface area (Å²) in [5, 5.41) is 3.18. The predicted molar refractivity (Wildman–Crippen MR) is 127 cm³/mol. The van der Waals surface area contributed by atoms with Crippen LogP contribution in [0.4, 0.5) is 0 Å². The van der Waals surface area contributed by atoms with E-state index in [-0.39, 0.29) is 11.4 Å². The number of esters is 1. The van der Waals surface area contributed by atoms with Gasteiger partial charge >= 0.3 is 5.97 Å². The van der Waals surface area contributed by atoms with Crippen LogP contribution in [0.15, 0.2) is 59.5 Å². The Kier molecular flexibility index (Phi) is 9.05. The Morgan fingerprint density at radius 2 is 1.67 bits per heavy atom. The number of halogens is 1. The van der Waals surface area contributed by atoms with Gasteiger partial charge in [0.2, 0.25) is 10.0 Å². The normalized spacial score (nSPS) is 15.2. The van der Waals surface area contributed by atoms with Crippen molar-refractivity contribution >= 4 is 39.6 Å². The van der Waals surface area contributed by atoms with Gasteiger partial charge in [-0.1, -0.05) is 54.8 Å². The number of amides is 1. The molecular formula is C24H27ClN2O5S. The van der Waals surface area contributed by atoms with E-state index in [9.17, 15) is 18.0 Å². The number of rotatable bonds is 8. The Labute approximate surface area is 199 Å².